The summed E-state index contributed by atoms with van der Waals surface area (Å²) in [4.78, 5) is 29.7. The van der Waals surface area contributed by atoms with Crippen LogP contribution in [0.1, 0.15) is 31.4 Å². The van der Waals surface area contributed by atoms with E-state index in [1.165, 1.54) is 41.4 Å². The van der Waals surface area contributed by atoms with Crippen molar-refractivity contribution in [1.82, 2.24) is 34.1 Å². The molecule has 0 atom stereocenters. The van der Waals surface area contributed by atoms with Crippen molar-refractivity contribution in [2.75, 3.05) is 5.73 Å². The second-order valence-electron chi connectivity index (χ2n) is 7.66. The molecule has 0 aliphatic carbocycles. The van der Waals surface area contributed by atoms with Crippen LogP contribution in [0.5, 0.6) is 0 Å². The largest absolute Gasteiger partial charge is 0.443 e. The first kappa shape index (κ1) is 20.5. The lowest BCUT2D eigenvalue weighted by molar-refractivity contribution is 0.571. The van der Waals surface area contributed by atoms with Crippen molar-refractivity contribution in [3.63, 3.8) is 0 Å². The van der Waals surface area contributed by atoms with Gasteiger partial charge in [0.25, 0.3) is 5.56 Å². The van der Waals surface area contributed by atoms with Crippen LogP contribution in [0.25, 0.3) is 28.4 Å². The summed E-state index contributed by atoms with van der Waals surface area (Å²) in [5.41, 5.74) is 8.15. The van der Waals surface area contributed by atoms with Crippen molar-refractivity contribution in [3.05, 3.63) is 76.8 Å². The van der Waals surface area contributed by atoms with Gasteiger partial charge in [0.05, 0.1) is 23.9 Å². The molecule has 5 rings (SSSR count). The van der Waals surface area contributed by atoms with Gasteiger partial charge in [0.15, 0.2) is 11.5 Å². The lowest BCUT2D eigenvalue weighted by Crippen LogP contribution is -2.20. The quantitative estimate of drug-likeness (QED) is 0.436. The van der Waals surface area contributed by atoms with E-state index in [4.69, 9.17) is 10.2 Å². The van der Waals surface area contributed by atoms with Gasteiger partial charge < -0.3 is 14.7 Å². The lowest BCUT2D eigenvalue weighted by Gasteiger charge is -2.13. The zero-order valence-corrected chi connectivity index (χ0v) is 17.8. The number of nitrogens with two attached hydrogens (primary N) is 1. The Morgan fingerprint density at radius 1 is 1.15 bits per heavy atom. The predicted molar refractivity (Wildman–Crippen MR) is 118 cm³/mol. The molecular formula is C22H19FN8O2. The van der Waals surface area contributed by atoms with Crippen molar-refractivity contribution >= 4 is 11.6 Å². The summed E-state index contributed by atoms with van der Waals surface area (Å²) in [6, 6.07) is 5.92. The molecule has 0 radical (unpaired) electrons. The smallest absolute Gasteiger partial charge is 0.250 e. The molecule has 10 nitrogen and oxygen atoms in total. The van der Waals surface area contributed by atoms with Crippen molar-refractivity contribution in [2.45, 2.75) is 26.3 Å². The van der Waals surface area contributed by atoms with Crippen molar-refractivity contribution in [2.24, 2.45) is 0 Å². The molecule has 0 aromatic carbocycles. The van der Waals surface area contributed by atoms with Crippen LogP contribution >= 0.6 is 0 Å². The van der Waals surface area contributed by atoms with Crippen LogP contribution in [0, 0.1) is 5.82 Å². The van der Waals surface area contributed by atoms with Crippen LogP contribution in [0.3, 0.4) is 0 Å². The minimum atomic E-state index is -0.452. The highest BCUT2D eigenvalue weighted by Crippen LogP contribution is 2.34. The molecule has 0 fully saturated rings. The summed E-state index contributed by atoms with van der Waals surface area (Å²) in [6.07, 6.45) is 6.21. The average molecular weight is 446 g/mol. The molecule has 0 spiro atoms. The van der Waals surface area contributed by atoms with Crippen molar-refractivity contribution < 1.29 is 8.81 Å². The van der Waals surface area contributed by atoms with Crippen molar-refractivity contribution in [3.8, 4) is 22.7 Å². The fourth-order valence-corrected chi connectivity index (χ4v) is 3.59. The molecule has 0 amide bonds. The number of nitrogens with zero attached hydrogens (tertiary/aromatic N) is 7. The molecule has 11 heteroatoms. The number of nitrogen functional groups attached to an aromatic ring is 1. The summed E-state index contributed by atoms with van der Waals surface area (Å²) >= 11 is 0. The number of hydrogen-bond acceptors (Lipinski definition) is 8. The van der Waals surface area contributed by atoms with Gasteiger partial charge in [0, 0.05) is 30.1 Å². The Morgan fingerprint density at radius 2 is 2.00 bits per heavy atom. The Kier molecular flexibility index (Phi) is 4.93. The van der Waals surface area contributed by atoms with Gasteiger partial charge in [-0.3, -0.25) is 9.78 Å². The van der Waals surface area contributed by atoms with E-state index in [9.17, 15) is 9.18 Å². The highest BCUT2D eigenvalue weighted by molar-refractivity contribution is 5.88. The van der Waals surface area contributed by atoms with Crippen LogP contribution in [-0.2, 0) is 6.42 Å². The molecule has 0 saturated heterocycles. The molecule has 0 saturated carbocycles. The number of hydrogen-bond donors (Lipinski definition) is 1. The summed E-state index contributed by atoms with van der Waals surface area (Å²) in [6.45, 7) is 3.82. The van der Waals surface area contributed by atoms with Gasteiger partial charge in [-0.1, -0.05) is 0 Å². The fourth-order valence-electron chi connectivity index (χ4n) is 3.59. The first-order chi connectivity index (χ1) is 15.9. The van der Waals surface area contributed by atoms with Gasteiger partial charge in [0.2, 0.25) is 11.8 Å². The molecule has 5 heterocycles. The maximum Gasteiger partial charge on any atom is 0.250 e. The van der Waals surface area contributed by atoms with Crippen LogP contribution in [0.4, 0.5) is 10.3 Å². The van der Waals surface area contributed by atoms with E-state index < -0.39 is 5.82 Å². The van der Waals surface area contributed by atoms with Gasteiger partial charge in [0.1, 0.15) is 17.8 Å². The number of halogens is 1. The molecule has 33 heavy (non-hydrogen) atoms. The fraction of sp³-hybridized carbons (Fsp3) is 0.182. The van der Waals surface area contributed by atoms with Crippen LogP contribution in [-0.4, -0.2) is 34.1 Å². The van der Waals surface area contributed by atoms with E-state index >= 15 is 0 Å². The van der Waals surface area contributed by atoms with Crippen molar-refractivity contribution in [1.29, 1.82) is 0 Å². The number of anilines is 1. The second-order valence-corrected chi connectivity index (χ2v) is 7.66. The molecule has 5 aromatic heterocycles. The van der Waals surface area contributed by atoms with E-state index in [-0.39, 0.29) is 35.6 Å². The Morgan fingerprint density at radius 3 is 2.73 bits per heavy atom. The van der Waals surface area contributed by atoms with E-state index in [2.05, 4.69) is 25.0 Å². The number of pyridine rings is 2. The third kappa shape index (κ3) is 3.63. The third-order valence-electron chi connectivity index (χ3n) is 5.13. The first-order valence-electron chi connectivity index (χ1n) is 10.2. The SMILES string of the molecule is CC(C)n1cc(-c2c(-c3ncco3)nc(N)n3nc(Cc4ncccc4F)nc23)ccc1=O. The summed E-state index contributed by atoms with van der Waals surface area (Å²) in [7, 11) is 0. The Balaban J connectivity index is 1.77. The Bertz CT molecular complexity index is 1520. The zero-order valence-electron chi connectivity index (χ0n) is 17.8. The molecule has 166 valence electrons. The predicted octanol–water partition coefficient (Wildman–Crippen LogP) is 2.90. The van der Waals surface area contributed by atoms with Gasteiger partial charge in [-0.15, -0.1) is 5.10 Å². The minimum Gasteiger partial charge on any atom is -0.443 e. The molecule has 0 unspecified atom stereocenters. The van der Waals surface area contributed by atoms with Gasteiger partial charge >= 0.3 is 0 Å². The Labute approximate surface area is 186 Å². The Hall–Kier alpha value is -4.41. The van der Waals surface area contributed by atoms with Crippen LogP contribution in [0.15, 0.2) is 58.3 Å². The third-order valence-corrected chi connectivity index (χ3v) is 5.13. The molecule has 5 aromatic rings. The molecule has 0 aliphatic heterocycles. The van der Waals surface area contributed by atoms with Crippen LogP contribution in [0.2, 0.25) is 0 Å². The van der Waals surface area contributed by atoms with Gasteiger partial charge in [-0.2, -0.15) is 4.52 Å². The highest BCUT2D eigenvalue weighted by atomic mass is 19.1. The first-order valence-corrected chi connectivity index (χ1v) is 10.2. The van der Waals surface area contributed by atoms with E-state index in [0.29, 0.717) is 28.3 Å². The molecule has 0 bridgehead atoms. The van der Waals surface area contributed by atoms with Gasteiger partial charge in [-0.25, -0.2) is 19.3 Å². The molecule has 2 N–H and O–H groups in total. The number of aromatic nitrogens is 7. The van der Waals surface area contributed by atoms with E-state index in [1.807, 2.05) is 13.8 Å². The second kappa shape index (κ2) is 7.93. The normalized spacial score (nSPS) is 11.5. The maximum atomic E-state index is 14.1. The van der Waals surface area contributed by atoms with Crippen LogP contribution < -0.4 is 11.3 Å². The van der Waals surface area contributed by atoms with Gasteiger partial charge in [-0.05, 0) is 32.0 Å². The number of fused-ring (bicyclic) bond motifs is 1. The molecular weight excluding hydrogens is 427 g/mol. The van der Waals surface area contributed by atoms with E-state index in [1.54, 1.807) is 16.8 Å². The summed E-state index contributed by atoms with van der Waals surface area (Å²) < 4.78 is 22.6. The number of oxazole rings is 1. The standard InChI is InChI=1S/C22H19FN8O2/c1-12(2)30-11-13(5-6-17(30)32)18-19(21-26-8-9-33-21)28-22(24)31-20(18)27-16(29-31)10-15-14(23)4-3-7-25-15/h3-9,11-12H,10H2,1-2H3,(H2,24,28). The topological polar surface area (TPSA) is 130 Å². The zero-order chi connectivity index (χ0) is 23.1. The summed E-state index contributed by atoms with van der Waals surface area (Å²) in [5, 5.41) is 4.42. The monoisotopic (exact) mass is 446 g/mol. The average Bonchev–Trinajstić information content (AvgIpc) is 3.46. The molecule has 0 aliphatic rings. The highest BCUT2D eigenvalue weighted by Gasteiger charge is 2.23. The number of rotatable bonds is 5. The lowest BCUT2D eigenvalue weighted by atomic mass is 10.1. The maximum absolute atomic E-state index is 14.1. The summed E-state index contributed by atoms with van der Waals surface area (Å²) in [5.74, 6) is 0.150. The minimum absolute atomic E-state index is 0.0550. The van der Waals surface area contributed by atoms with E-state index in [0.717, 1.165) is 0 Å².